The molecule has 0 aromatic rings. The first-order valence-electron chi connectivity index (χ1n) is 7.70. The second-order valence-electron chi connectivity index (χ2n) is 7.63. The van der Waals surface area contributed by atoms with Gasteiger partial charge in [-0.15, -0.1) is 0 Å². The van der Waals surface area contributed by atoms with Gasteiger partial charge in [0.1, 0.15) is 5.78 Å². The predicted octanol–water partition coefficient (Wildman–Crippen LogP) is 2.22. The molecule has 2 saturated heterocycles. The maximum atomic E-state index is 11.7. The van der Waals surface area contributed by atoms with Crippen LogP contribution in [-0.2, 0) is 9.59 Å². The summed E-state index contributed by atoms with van der Waals surface area (Å²) in [6, 6.07) is 0.356. The van der Waals surface area contributed by atoms with E-state index in [2.05, 4.69) is 32.6 Å². The molecule has 0 aromatic heterocycles. The second kappa shape index (κ2) is 5.14. The summed E-state index contributed by atoms with van der Waals surface area (Å²) in [5, 5.41) is 0. The van der Waals surface area contributed by atoms with E-state index in [1.807, 2.05) is 4.90 Å². The highest BCUT2D eigenvalue weighted by Gasteiger charge is 2.48. The minimum atomic E-state index is 0.0255. The Bertz CT molecular complexity index is 397. The SMILES string of the molecule is CC(=O)CCN1C(C)(C)CC(N2CCC2=O)CC1(C)C. The Morgan fingerprint density at radius 2 is 1.75 bits per heavy atom. The number of ketones is 1. The van der Waals surface area contributed by atoms with Crippen molar-refractivity contribution in [3.8, 4) is 0 Å². The van der Waals surface area contributed by atoms with E-state index in [4.69, 9.17) is 0 Å². The van der Waals surface area contributed by atoms with Crippen molar-refractivity contribution < 1.29 is 9.59 Å². The zero-order chi connectivity index (χ0) is 15.1. The van der Waals surface area contributed by atoms with E-state index >= 15 is 0 Å². The van der Waals surface area contributed by atoms with Crippen molar-refractivity contribution in [1.82, 2.24) is 9.80 Å². The zero-order valence-electron chi connectivity index (χ0n) is 13.5. The highest BCUT2D eigenvalue weighted by molar-refractivity contribution is 5.82. The van der Waals surface area contributed by atoms with Crippen molar-refractivity contribution in [2.24, 2.45) is 0 Å². The molecule has 0 saturated carbocycles. The maximum absolute atomic E-state index is 11.7. The standard InChI is InChI=1S/C16H28N2O2/c1-12(19)6-9-18-15(2,3)10-13(11-16(18,4)5)17-8-7-14(17)20/h13H,6-11H2,1-5H3. The number of carbonyl (C=O) groups excluding carboxylic acids is 2. The van der Waals surface area contributed by atoms with Gasteiger partial charge in [-0.05, 0) is 47.5 Å². The highest BCUT2D eigenvalue weighted by atomic mass is 16.2. The molecule has 2 aliphatic rings. The van der Waals surface area contributed by atoms with Gasteiger partial charge in [0.25, 0.3) is 0 Å². The number of likely N-dealkylation sites (tertiary alicyclic amines) is 2. The minimum Gasteiger partial charge on any atom is -0.339 e. The van der Waals surface area contributed by atoms with Gasteiger partial charge < -0.3 is 4.90 Å². The number of carbonyl (C=O) groups is 2. The molecule has 2 rings (SSSR count). The number of β-lactam (4-membered cyclic amide) rings is 1. The van der Waals surface area contributed by atoms with Crippen LogP contribution < -0.4 is 0 Å². The van der Waals surface area contributed by atoms with Crippen molar-refractivity contribution in [3.63, 3.8) is 0 Å². The number of hydrogen-bond donors (Lipinski definition) is 0. The summed E-state index contributed by atoms with van der Waals surface area (Å²) >= 11 is 0. The van der Waals surface area contributed by atoms with Crippen LogP contribution in [0.15, 0.2) is 0 Å². The lowest BCUT2D eigenvalue weighted by molar-refractivity contribution is -0.149. The first kappa shape index (κ1) is 15.5. The van der Waals surface area contributed by atoms with Gasteiger partial charge in [0.15, 0.2) is 0 Å². The Balaban J connectivity index is 2.12. The Morgan fingerprint density at radius 3 is 2.10 bits per heavy atom. The molecule has 0 aliphatic carbocycles. The fourth-order valence-electron chi connectivity index (χ4n) is 4.08. The van der Waals surface area contributed by atoms with Crippen LogP contribution in [0, 0.1) is 0 Å². The van der Waals surface area contributed by atoms with Crippen LogP contribution in [0.25, 0.3) is 0 Å². The van der Waals surface area contributed by atoms with Crippen molar-refractivity contribution in [2.45, 2.75) is 77.4 Å². The van der Waals surface area contributed by atoms with Crippen LogP contribution in [-0.4, -0.2) is 51.7 Å². The fraction of sp³-hybridized carbons (Fsp3) is 0.875. The molecule has 4 heteroatoms. The monoisotopic (exact) mass is 280 g/mol. The Labute approximate surface area is 122 Å². The number of hydrogen-bond acceptors (Lipinski definition) is 3. The third kappa shape index (κ3) is 2.90. The molecule has 0 spiro atoms. The summed E-state index contributed by atoms with van der Waals surface area (Å²) < 4.78 is 0. The van der Waals surface area contributed by atoms with E-state index in [-0.39, 0.29) is 16.9 Å². The van der Waals surface area contributed by atoms with E-state index in [9.17, 15) is 9.59 Å². The number of Topliss-reactive ketones (excluding diaryl/α,β-unsaturated/α-hetero) is 1. The van der Waals surface area contributed by atoms with Crippen molar-refractivity contribution in [3.05, 3.63) is 0 Å². The van der Waals surface area contributed by atoms with Gasteiger partial charge in [-0.2, -0.15) is 0 Å². The second-order valence-corrected chi connectivity index (χ2v) is 7.63. The quantitative estimate of drug-likeness (QED) is 0.741. The van der Waals surface area contributed by atoms with Crippen molar-refractivity contribution >= 4 is 11.7 Å². The van der Waals surface area contributed by atoms with Crippen molar-refractivity contribution in [1.29, 1.82) is 0 Å². The molecule has 2 fully saturated rings. The molecule has 1 amide bonds. The number of rotatable bonds is 4. The van der Waals surface area contributed by atoms with Gasteiger partial charge in [0.05, 0.1) is 0 Å². The van der Waals surface area contributed by atoms with Crippen LogP contribution >= 0.6 is 0 Å². The Hall–Kier alpha value is -0.900. The molecular formula is C16H28N2O2. The molecule has 20 heavy (non-hydrogen) atoms. The largest absolute Gasteiger partial charge is 0.339 e. The number of nitrogens with zero attached hydrogens (tertiary/aromatic N) is 2. The molecule has 0 radical (unpaired) electrons. The summed E-state index contributed by atoms with van der Waals surface area (Å²) in [7, 11) is 0. The number of amides is 1. The number of piperidine rings is 1. The first-order valence-corrected chi connectivity index (χ1v) is 7.70. The average molecular weight is 280 g/mol. The van der Waals surface area contributed by atoms with E-state index in [1.165, 1.54) is 0 Å². The Morgan fingerprint density at radius 1 is 1.20 bits per heavy atom. The van der Waals surface area contributed by atoms with Crippen molar-refractivity contribution in [2.75, 3.05) is 13.1 Å². The molecule has 0 aromatic carbocycles. The molecule has 2 aliphatic heterocycles. The molecule has 114 valence electrons. The van der Waals surface area contributed by atoms with Gasteiger partial charge in [0, 0.05) is 43.1 Å². The van der Waals surface area contributed by atoms with Crippen LogP contribution in [0.5, 0.6) is 0 Å². The average Bonchev–Trinajstić information content (AvgIpc) is 2.23. The van der Waals surface area contributed by atoms with Gasteiger partial charge in [-0.1, -0.05) is 0 Å². The lowest BCUT2D eigenvalue weighted by Crippen LogP contribution is -2.66. The van der Waals surface area contributed by atoms with Crippen LogP contribution in [0.2, 0.25) is 0 Å². The third-order valence-corrected chi connectivity index (χ3v) is 4.95. The lowest BCUT2D eigenvalue weighted by Gasteiger charge is -2.58. The van der Waals surface area contributed by atoms with E-state index in [1.54, 1.807) is 6.92 Å². The minimum absolute atomic E-state index is 0.0255. The van der Waals surface area contributed by atoms with Crippen LogP contribution in [0.1, 0.15) is 60.3 Å². The third-order valence-electron chi connectivity index (χ3n) is 4.95. The fourth-order valence-corrected chi connectivity index (χ4v) is 4.08. The van der Waals surface area contributed by atoms with Gasteiger partial charge in [-0.25, -0.2) is 0 Å². The first-order chi connectivity index (χ1) is 9.13. The summed E-state index contributed by atoms with van der Waals surface area (Å²) in [5.74, 6) is 0.551. The molecular weight excluding hydrogens is 252 g/mol. The van der Waals surface area contributed by atoms with Gasteiger partial charge in [0.2, 0.25) is 5.91 Å². The summed E-state index contributed by atoms with van der Waals surface area (Å²) in [6.07, 6.45) is 3.33. The maximum Gasteiger partial charge on any atom is 0.224 e. The van der Waals surface area contributed by atoms with E-state index in [0.29, 0.717) is 24.8 Å². The molecule has 0 N–H and O–H groups in total. The topological polar surface area (TPSA) is 40.6 Å². The predicted molar refractivity (Wildman–Crippen MR) is 79.5 cm³/mol. The van der Waals surface area contributed by atoms with E-state index < -0.39 is 0 Å². The smallest absolute Gasteiger partial charge is 0.224 e. The van der Waals surface area contributed by atoms with Gasteiger partial charge >= 0.3 is 0 Å². The lowest BCUT2D eigenvalue weighted by atomic mass is 9.75. The van der Waals surface area contributed by atoms with Gasteiger partial charge in [-0.3, -0.25) is 14.5 Å². The summed E-state index contributed by atoms with van der Waals surface area (Å²) in [6.45, 7) is 12.4. The highest BCUT2D eigenvalue weighted by Crippen LogP contribution is 2.41. The molecule has 4 nitrogen and oxygen atoms in total. The normalized spacial score (nSPS) is 26.4. The molecule has 0 unspecified atom stereocenters. The Kier molecular flexibility index (Phi) is 3.98. The van der Waals surface area contributed by atoms with Crippen LogP contribution in [0.4, 0.5) is 0 Å². The molecule has 2 heterocycles. The van der Waals surface area contributed by atoms with E-state index in [0.717, 1.165) is 25.9 Å². The zero-order valence-corrected chi connectivity index (χ0v) is 13.5. The summed E-state index contributed by atoms with van der Waals surface area (Å²) in [5.41, 5.74) is 0.0511. The molecule has 0 bridgehead atoms. The van der Waals surface area contributed by atoms with Crippen LogP contribution in [0.3, 0.4) is 0 Å². The molecule has 0 atom stereocenters. The summed E-state index contributed by atoms with van der Waals surface area (Å²) in [4.78, 5) is 27.5.